The Labute approximate surface area is 184 Å². The van der Waals surface area contributed by atoms with Crippen LogP contribution in [0.25, 0.3) is 11.3 Å². The molecule has 0 aliphatic carbocycles. The van der Waals surface area contributed by atoms with E-state index in [4.69, 9.17) is 14.0 Å². The fourth-order valence-corrected chi connectivity index (χ4v) is 3.20. The molecule has 0 radical (unpaired) electrons. The van der Waals surface area contributed by atoms with E-state index in [-0.39, 0.29) is 18.8 Å². The second-order valence-corrected chi connectivity index (χ2v) is 7.44. The fraction of sp³-hybridized carbons (Fsp3) is 0.238. The number of nitrogens with one attached hydrogen (secondary N) is 1. The van der Waals surface area contributed by atoms with Crippen molar-refractivity contribution in [3.63, 3.8) is 0 Å². The van der Waals surface area contributed by atoms with Crippen LogP contribution in [0.5, 0.6) is 5.75 Å². The summed E-state index contributed by atoms with van der Waals surface area (Å²) in [6.45, 7) is 1.55. The standard InChI is InChI=1S/C21H18BrF3N2O4/c1-12-18(19(31-27-12)16-7-6-15(22)11-17(16)29-2)26-20(28)30-9-8-13-4-3-5-14(10-13)21(23,24)25/h3-7,10-11H,8-9H2,1-2H3,(H,26,28). The number of benzene rings is 2. The summed E-state index contributed by atoms with van der Waals surface area (Å²) in [6, 6.07) is 10.1. The van der Waals surface area contributed by atoms with Crippen molar-refractivity contribution in [2.75, 3.05) is 19.0 Å². The third kappa shape index (κ3) is 5.57. The van der Waals surface area contributed by atoms with Gasteiger partial charge in [-0.2, -0.15) is 13.2 Å². The average molecular weight is 499 g/mol. The minimum Gasteiger partial charge on any atom is -0.496 e. The van der Waals surface area contributed by atoms with Gasteiger partial charge in [0.05, 0.1) is 24.8 Å². The molecule has 0 aliphatic heterocycles. The molecule has 164 valence electrons. The van der Waals surface area contributed by atoms with Crippen LogP contribution >= 0.6 is 15.9 Å². The third-order valence-electron chi connectivity index (χ3n) is 4.38. The molecular weight excluding hydrogens is 481 g/mol. The van der Waals surface area contributed by atoms with E-state index >= 15 is 0 Å². The van der Waals surface area contributed by atoms with Gasteiger partial charge in [-0.25, -0.2) is 4.79 Å². The Morgan fingerprint density at radius 3 is 2.71 bits per heavy atom. The quantitative estimate of drug-likeness (QED) is 0.435. The molecule has 1 N–H and O–H groups in total. The molecule has 0 saturated carbocycles. The highest BCUT2D eigenvalue weighted by Crippen LogP contribution is 2.38. The lowest BCUT2D eigenvalue weighted by Gasteiger charge is -2.11. The molecule has 10 heteroatoms. The largest absolute Gasteiger partial charge is 0.496 e. The predicted molar refractivity (Wildman–Crippen MR) is 111 cm³/mol. The Hall–Kier alpha value is -3.01. The zero-order valence-corrected chi connectivity index (χ0v) is 18.1. The molecule has 0 atom stereocenters. The summed E-state index contributed by atoms with van der Waals surface area (Å²) in [5.74, 6) is 0.795. The number of aryl methyl sites for hydroxylation is 1. The average Bonchev–Trinajstić information content (AvgIpc) is 3.07. The van der Waals surface area contributed by atoms with Gasteiger partial charge in [-0.05, 0) is 36.8 Å². The number of anilines is 1. The van der Waals surface area contributed by atoms with Crippen molar-refractivity contribution < 1.29 is 32.0 Å². The van der Waals surface area contributed by atoms with Crippen molar-refractivity contribution in [3.8, 4) is 17.1 Å². The van der Waals surface area contributed by atoms with E-state index in [9.17, 15) is 18.0 Å². The number of alkyl halides is 3. The first-order chi connectivity index (χ1) is 14.7. The minimum atomic E-state index is -4.43. The van der Waals surface area contributed by atoms with Gasteiger partial charge in [0.15, 0.2) is 5.76 Å². The van der Waals surface area contributed by atoms with Crippen LogP contribution in [-0.4, -0.2) is 25.0 Å². The first-order valence-electron chi connectivity index (χ1n) is 9.09. The first kappa shape index (κ1) is 22.7. The van der Waals surface area contributed by atoms with Gasteiger partial charge in [0.2, 0.25) is 0 Å². The Balaban J connectivity index is 1.67. The van der Waals surface area contributed by atoms with E-state index < -0.39 is 17.8 Å². The lowest BCUT2D eigenvalue weighted by atomic mass is 10.1. The maximum absolute atomic E-state index is 12.8. The number of hydrogen-bond acceptors (Lipinski definition) is 5. The fourth-order valence-electron chi connectivity index (χ4n) is 2.86. The highest BCUT2D eigenvalue weighted by atomic mass is 79.9. The summed E-state index contributed by atoms with van der Waals surface area (Å²) < 4.78 is 55.0. The summed E-state index contributed by atoms with van der Waals surface area (Å²) in [5.41, 5.74) is 0.969. The summed E-state index contributed by atoms with van der Waals surface area (Å²) in [5, 5.41) is 6.47. The van der Waals surface area contributed by atoms with Crippen LogP contribution in [0.4, 0.5) is 23.7 Å². The lowest BCUT2D eigenvalue weighted by Crippen LogP contribution is -2.16. The summed E-state index contributed by atoms with van der Waals surface area (Å²) in [6.07, 6.45) is -5.08. The highest BCUT2D eigenvalue weighted by Gasteiger charge is 2.30. The summed E-state index contributed by atoms with van der Waals surface area (Å²) in [4.78, 5) is 12.2. The molecule has 3 aromatic rings. The van der Waals surface area contributed by atoms with Crippen molar-refractivity contribution in [1.82, 2.24) is 5.16 Å². The van der Waals surface area contributed by atoms with Crippen LogP contribution in [0, 0.1) is 6.92 Å². The smallest absolute Gasteiger partial charge is 0.416 e. The minimum absolute atomic E-state index is 0.103. The van der Waals surface area contributed by atoms with E-state index in [1.807, 2.05) is 0 Å². The number of ether oxygens (including phenoxy) is 2. The molecule has 1 aromatic heterocycles. The number of rotatable bonds is 6. The Morgan fingerprint density at radius 2 is 2.00 bits per heavy atom. The van der Waals surface area contributed by atoms with E-state index in [0.717, 1.165) is 16.6 Å². The molecule has 3 rings (SSSR count). The predicted octanol–water partition coefficient (Wildman–Crippen LogP) is 6.23. The molecule has 0 aliphatic rings. The number of aromatic nitrogens is 1. The number of halogens is 4. The van der Waals surface area contributed by atoms with Crippen molar-refractivity contribution in [3.05, 3.63) is 63.8 Å². The van der Waals surface area contributed by atoms with Crippen LogP contribution in [0.15, 0.2) is 51.5 Å². The number of carbonyl (C=O) groups excluding carboxylic acids is 1. The van der Waals surface area contributed by atoms with E-state index in [1.54, 1.807) is 31.2 Å². The topological polar surface area (TPSA) is 73.6 Å². The van der Waals surface area contributed by atoms with Gasteiger partial charge in [-0.1, -0.05) is 39.3 Å². The molecule has 31 heavy (non-hydrogen) atoms. The van der Waals surface area contributed by atoms with E-state index in [0.29, 0.717) is 28.3 Å². The van der Waals surface area contributed by atoms with Gasteiger partial charge >= 0.3 is 12.3 Å². The number of amides is 1. The number of carbonyl (C=O) groups is 1. The molecule has 0 unspecified atom stereocenters. The van der Waals surface area contributed by atoms with Gasteiger partial charge in [-0.15, -0.1) is 0 Å². The van der Waals surface area contributed by atoms with Crippen molar-refractivity contribution in [2.45, 2.75) is 19.5 Å². The Kier molecular flexibility index (Phi) is 6.89. The molecule has 0 bridgehead atoms. The molecule has 0 spiro atoms. The van der Waals surface area contributed by atoms with Crippen LogP contribution in [0.3, 0.4) is 0 Å². The van der Waals surface area contributed by atoms with Gasteiger partial charge in [0, 0.05) is 10.9 Å². The molecule has 0 fully saturated rings. The third-order valence-corrected chi connectivity index (χ3v) is 4.87. The summed E-state index contributed by atoms with van der Waals surface area (Å²) >= 11 is 3.36. The van der Waals surface area contributed by atoms with Crippen molar-refractivity contribution >= 4 is 27.7 Å². The zero-order valence-electron chi connectivity index (χ0n) is 16.5. The first-order valence-corrected chi connectivity index (χ1v) is 9.88. The Morgan fingerprint density at radius 1 is 1.23 bits per heavy atom. The highest BCUT2D eigenvalue weighted by molar-refractivity contribution is 9.10. The molecule has 1 heterocycles. The molecule has 6 nitrogen and oxygen atoms in total. The van der Waals surface area contributed by atoms with Crippen LogP contribution in [-0.2, 0) is 17.3 Å². The normalized spacial score (nSPS) is 11.3. The van der Waals surface area contributed by atoms with Gasteiger partial charge in [0.25, 0.3) is 0 Å². The van der Waals surface area contributed by atoms with Gasteiger partial charge in [-0.3, -0.25) is 5.32 Å². The van der Waals surface area contributed by atoms with Crippen molar-refractivity contribution in [1.29, 1.82) is 0 Å². The molecular formula is C21H18BrF3N2O4. The van der Waals surface area contributed by atoms with Gasteiger partial charge in [0.1, 0.15) is 17.1 Å². The number of methoxy groups -OCH3 is 1. The van der Waals surface area contributed by atoms with Crippen LogP contribution in [0.2, 0.25) is 0 Å². The lowest BCUT2D eigenvalue weighted by molar-refractivity contribution is -0.137. The molecule has 0 saturated heterocycles. The second kappa shape index (κ2) is 9.42. The monoisotopic (exact) mass is 498 g/mol. The summed E-state index contributed by atoms with van der Waals surface area (Å²) in [7, 11) is 1.50. The van der Waals surface area contributed by atoms with E-state index in [2.05, 4.69) is 26.4 Å². The molecule has 1 amide bonds. The maximum atomic E-state index is 12.8. The van der Waals surface area contributed by atoms with Crippen LogP contribution < -0.4 is 10.1 Å². The van der Waals surface area contributed by atoms with Crippen LogP contribution in [0.1, 0.15) is 16.8 Å². The van der Waals surface area contributed by atoms with E-state index in [1.165, 1.54) is 13.2 Å². The zero-order chi connectivity index (χ0) is 22.6. The second-order valence-electron chi connectivity index (χ2n) is 6.53. The van der Waals surface area contributed by atoms with Crippen molar-refractivity contribution in [2.24, 2.45) is 0 Å². The number of nitrogens with zero attached hydrogens (tertiary/aromatic N) is 1. The maximum Gasteiger partial charge on any atom is 0.416 e. The SMILES string of the molecule is COc1cc(Br)ccc1-c1onc(C)c1NC(=O)OCCc1cccc(C(F)(F)F)c1. The molecule has 2 aromatic carbocycles. The Bertz CT molecular complexity index is 1080. The number of hydrogen-bond donors (Lipinski definition) is 1. The van der Waals surface area contributed by atoms with Gasteiger partial charge < -0.3 is 14.0 Å².